The molecule has 1 fully saturated rings. The molecule has 1 aliphatic rings. The molecule has 1 amide bonds. The van der Waals surface area contributed by atoms with Crippen LogP contribution in [0.4, 0.5) is 18.9 Å². The first-order valence-corrected chi connectivity index (χ1v) is 6.49. The lowest BCUT2D eigenvalue weighted by Crippen LogP contribution is -2.27. The van der Waals surface area contributed by atoms with Gasteiger partial charge in [0, 0.05) is 17.4 Å². The van der Waals surface area contributed by atoms with Crippen LogP contribution in [0.1, 0.15) is 6.42 Å². The van der Waals surface area contributed by atoms with Crippen LogP contribution in [0.3, 0.4) is 0 Å². The summed E-state index contributed by atoms with van der Waals surface area (Å²) in [6.07, 6.45) is -4.72. The zero-order valence-corrected chi connectivity index (χ0v) is 11.7. The maximum Gasteiger partial charge on any atom is 0.573 e. The molecule has 0 N–H and O–H groups in total. The lowest BCUT2D eigenvalue weighted by atomic mass is 10.2. The molecular weight excluding hydrogens is 350 g/mol. The largest absolute Gasteiger partial charge is 0.573 e. The number of alkyl halides is 4. The zero-order valence-electron chi connectivity index (χ0n) is 9.38. The van der Waals surface area contributed by atoms with Crippen molar-refractivity contribution in [3.8, 4) is 5.75 Å². The van der Waals surface area contributed by atoms with Crippen LogP contribution in [0, 0.1) is 0 Å². The molecular formula is C11H8BrClF3NO2. The second-order valence-electron chi connectivity index (χ2n) is 3.97. The van der Waals surface area contributed by atoms with Gasteiger partial charge in [-0.15, -0.1) is 24.8 Å². The van der Waals surface area contributed by atoms with Crippen molar-refractivity contribution in [1.82, 2.24) is 0 Å². The van der Waals surface area contributed by atoms with Gasteiger partial charge in [0.1, 0.15) is 0 Å². The number of benzene rings is 1. The van der Waals surface area contributed by atoms with Crippen molar-refractivity contribution in [2.24, 2.45) is 0 Å². The van der Waals surface area contributed by atoms with Crippen LogP contribution < -0.4 is 9.64 Å². The van der Waals surface area contributed by atoms with Crippen LogP contribution >= 0.6 is 27.5 Å². The van der Waals surface area contributed by atoms with Crippen molar-refractivity contribution >= 4 is 39.1 Å². The molecule has 8 heteroatoms. The Kier molecular flexibility index (Phi) is 3.96. The molecule has 0 bridgehead atoms. The minimum Gasteiger partial charge on any atom is -0.404 e. The van der Waals surface area contributed by atoms with E-state index in [2.05, 4.69) is 20.7 Å². The minimum atomic E-state index is -4.81. The molecule has 2 rings (SSSR count). The van der Waals surface area contributed by atoms with Gasteiger partial charge in [-0.1, -0.05) is 15.9 Å². The monoisotopic (exact) mass is 357 g/mol. The SMILES string of the molecule is O=C1CC(Cl)CN1c1cc(Br)ccc1OC(F)(F)F. The summed E-state index contributed by atoms with van der Waals surface area (Å²) in [5, 5.41) is -0.412. The Labute approximate surface area is 120 Å². The van der Waals surface area contributed by atoms with Crippen LogP contribution in [0.5, 0.6) is 5.75 Å². The highest BCUT2D eigenvalue weighted by Crippen LogP contribution is 2.37. The maximum absolute atomic E-state index is 12.3. The van der Waals surface area contributed by atoms with Gasteiger partial charge in [-0.25, -0.2) is 0 Å². The molecule has 1 aliphatic heterocycles. The third-order valence-corrected chi connectivity index (χ3v) is 3.30. The summed E-state index contributed by atoms with van der Waals surface area (Å²) in [7, 11) is 0. The fourth-order valence-corrected chi connectivity index (χ4v) is 2.43. The Morgan fingerprint density at radius 2 is 2.11 bits per heavy atom. The van der Waals surface area contributed by atoms with Gasteiger partial charge < -0.3 is 9.64 Å². The Hall–Kier alpha value is -0.950. The Balaban J connectivity index is 2.38. The van der Waals surface area contributed by atoms with Crippen molar-refractivity contribution in [2.45, 2.75) is 18.2 Å². The highest BCUT2D eigenvalue weighted by atomic mass is 79.9. The van der Waals surface area contributed by atoms with E-state index in [0.29, 0.717) is 4.47 Å². The van der Waals surface area contributed by atoms with E-state index in [0.717, 1.165) is 6.07 Å². The fourth-order valence-electron chi connectivity index (χ4n) is 1.81. The predicted molar refractivity (Wildman–Crippen MR) is 67.4 cm³/mol. The normalized spacial score (nSPS) is 19.9. The van der Waals surface area contributed by atoms with Crippen molar-refractivity contribution < 1.29 is 22.7 Å². The molecule has 3 nitrogen and oxygen atoms in total. The molecule has 1 saturated heterocycles. The van der Waals surface area contributed by atoms with E-state index in [9.17, 15) is 18.0 Å². The van der Waals surface area contributed by atoms with Crippen LogP contribution in [0.2, 0.25) is 0 Å². The highest BCUT2D eigenvalue weighted by Gasteiger charge is 2.36. The Morgan fingerprint density at radius 3 is 2.63 bits per heavy atom. The third kappa shape index (κ3) is 3.54. The van der Waals surface area contributed by atoms with Crippen LogP contribution in [-0.2, 0) is 4.79 Å². The summed E-state index contributed by atoms with van der Waals surface area (Å²) in [4.78, 5) is 12.9. The molecule has 1 aromatic carbocycles. The number of hydrogen-bond donors (Lipinski definition) is 0. The standard InChI is InChI=1S/C11H8BrClF3NO2/c12-6-1-2-9(19-11(14,15)16)8(3-6)17-5-7(13)4-10(17)18/h1-3,7H,4-5H2. The number of hydrogen-bond acceptors (Lipinski definition) is 2. The van der Waals surface area contributed by atoms with Crippen LogP contribution in [0.25, 0.3) is 0 Å². The van der Waals surface area contributed by atoms with Gasteiger partial charge in [0.15, 0.2) is 5.75 Å². The van der Waals surface area contributed by atoms with Crippen LogP contribution in [0.15, 0.2) is 22.7 Å². The third-order valence-electron chi connectivity index (χ3n) is 2.52. The van der Waals surface area contributed by atoms with E-state index in [1.54, 1.807) is 0 Å². The quantitative estimate of drug-likeness (QED) is 0.755. The van der Waals surface area contributed by atoms with Gasteiger partial charge in [0.25, 0.3) is 0 Å². The number of carbonyl (C=O) groups is 1. The molecule has 0 spiro atoms. The van der Waals surface area contributed by atoms with Crippen molar-refractivity contribution in [3.05, 3.63) is 22.7 Å². The summed E-state index contributed by atoms with van der Waals surface area (Å²) in [5.74, 6) is -0.750. The minimum absolute atomic E-state index is 0.0554. The highest BCUT2D eigenvalue weighted by molar-refractivity contribution is 9.10. The number of anilines is 1. The summed E-state index contributed by atoms with van der Waals surface area (Å²) < 4.78 is 41.4. The van der Waals surface area contributed by atoms with E-state index in [-0.39, 0.29) is 24.6 Å². The Bertz CT molecular complexity index is 509. The van der Waals surface area contributed by atoms with E-state index < -0.39 is 17.5 Å². The van der Waals surface area contributed by atoms with E-state index in [1.807, 2.05) is 0 Å². The number of nitrogens with zero attached hydrogens (tertiary/aromatic N) is 1. The second kappa shape index (κ2) is 5.20. The zero-order chi connectivity index (χ0) is 14.2. The number of rotatable bonds is 2. The molecule has 0 aromatic heterocycles. The van der Waals surface area contributed by atoms with Gasteiger partial charge in [0.05, 0.1) is 11.1 Å². The molecule has 1 atom stereocenters. The number of amides is 1. The van der Waals surface area contributed by atoms with Crippen molar-refractivity contribution in [3.63, 3.8) is 0 Å². The molecule has 1 aromatic rings. The molecule has 1 heterocycles. The lowest BCUT2D eigenvalue weighted by molar-refractivity contribution is -0.274. The Morgan fingerprint density at radius 1 is 1.42 bits per heavy atom. The molecule has 19 heavy (non-hydrogen) atoms. The van der Waals surface area contributed by atoms with Gasteiger partial charge in [-0.3, -0.25) is 4.79 Å². The predicted octanol–water partition coefficient (Wildman–Crippen LogP) is 3.69. The van der Waals surface area contributed by atoms with Gasteiger partial charge >= 0.3 is 6.36 Å². The first-order valence-electron chi connectivity index (χ1n) is 5.26. The smallest absolute Gasteiger partial charge is 0.404 e. The number of carbonyl (C=O) groups excluding carboxylic acids is 1. The van der Waals surface area contributed by atoms with E-state index in [4.69, 9.17) is 11.6 Å². The summed E-state index contributed by atoms with van der Waals surface area (Å²) in [6.45, 7) is 0.158. The van der Waals surface area contributed by atoms with E-state index in [1.165, 1.54) is 17.0 Å². The van der Waals surface area contributed by atoms with Gasteiger partial charge in [-0.2, -0.15) is 0 Å². The summed E-state index contributed by atoms with van der Waals surface area (Å²) in [6, 6.07) is 3.96. The fraction of sp³-hybridized carbons (Fsp3) is 0.364. The summed E-state index contributed by atoms with van der Waals surface area (Å²) in [5.41, 5.74) is 0.0554. The topological polar surface area (TPSA) is 29.5 Å². The van der Waals surface area contributed by atoms with Crippen LogP contribution in [-0.4, -0.2) is 24.2 Å². The second-order valence-corrected chi connectivity index (χ2v) is 5.50. The van der Waals surface area contributed by atoms with Gasteiger partial charge in [-0.05, 0) is 18.2 Å². The van der Waals surface area contributed by atoms with Gasteiger partial charge in [0.2, 0.25) is 5.91 Å². The molecule has 0 radical (unpaired) electrons. The molecule has 104 valence electrons. The molecule has 1 unspecified atom stereocenters. The lowest BCUT2D eigenvalue weighted by Gasteiger charge is -2.20. The average molecular weight is 359 g/mol. The van der Waals surface area contributed by atoms with Crippen molar-refractivity contribution in [1.29, 1.82) is 0 Å². The molecule has 0 aliphatic carbocycles. The van der Waals surface area contributed by atoms with E-state index >= 15 is 0 Å². The first-order chi connectivity index (χ1) is 8.76. The van der Waals surface area contributed by atoms with Crippen molar-refractivity contribution in [2.75, 3.05) is 11.4 Å². The number of ether oxygens (including phenoxy) is 1. The number of halogens is 5. The maximum atomic E-state index is 12.3. The first kappa shape index (κ1) is 14.5. The molecule has 0 saturated carbocycles. The average Bonchev–Trinajstić information content (AvgIpc) is 2.58. The summed E-state index contributed by atoms with van der Waals surface area (Å²) >= 11 is 8.99.